The molecule has 9 unspecified atom stereocenters. The van der Waals surface area contributed by atoms with Gasteiger partial charge in [0, 0.05) is 129 Å². The van der Waals surface area contributed by atoms with Crippen molar-refractivity contribution in [3.8, 4) is 34.2 Å². The van der Waals surface area contributed by atoms with Crippen LogP contribution in [0.5, 0.6) is 0 Å². The Morgan fingerprint density at radius 1 is 0.460 bits per heavy atom. The van der Waals surface area contributed by atoms with Gasteiger partial charge >= 0.3 is 18.5 Å². The largest absolute Gasteiger partial charge is 0.419 e. The van der Waals surface area contributed by atoms with Crippen molar-refractivity contribution in [2.45, 2.75) is 138 Å². The second-order valence-electron chi connectivity index (χ2n) is 25.6. The van der Waals surface area contributed by atoms with Crippen molar-refractivity contribution in [2.24, 2.45) is 11.8 Å². The molecule has 0 N–H and O–H groups in total. The summed E-state index contributed by atoms with van der Waals surface area (Å²) in [5.41, 5.74) is 1.17. The highest BCUT2D eigenvalue weighted by Gasteiger charge is 2.53. The minimum atomic E-state index is -4.52. The zero-order valence-corrected chi connectivity index (χ0v) is 53.5. The van der Waals surface area contributed by atoms with Crippen LogP contribution in [0.15, 0.2) is 153 Å². The summed E-state index contributed by atoms with van der Waals surface area (Å²) in [5.74, 6) is 0.0273. The fraction of sp³-hybridized carbons (Fsp3) is 0.352. The Labute approximate surface area is 565 Å². The molecule has 12 heterocycles. The van der Waals surface area contributed by atoms with Crippen LogP contribution in [0, 0.1) is 30.4 Å². The van der Waals surface area contributed by atoms with Crippen LogP contribution >= 0.6 is 0 Å². The Morgan fingerprint density at radius 3 is 1.46 bits per heavy atom. The Balaban J connectivity index is 0.000000134. The highest BCUT2D eigenvalue weighted by Crippen LogP contribution is 2.48. The maximum Gasteiger partial charge on any atom is 0.419 e. The predicted octanol–water partition coefficient (Wildman–Crippen LogP) is 13.4. The van der Waals surface area contributed by atoms with E-state index in [4.69, 9.17) is 0 Å². The molecule has 0 aliphatic carbocycles. The van der Waals surface area contributed by atoms with E-state index in [0.29, 0.717) is 53.3 Å². The van der Waals surface area contributed by atoms with Crippen LogP contribution < -0.4 is 4.90 Å². The van der Waals surface area contributed by atoms with Crippen LogP contribution in [0.4, 0.5) is 54.2 Å². The lowest BCUT2D eigenvalue weighted by atomic mass is 9.86. The first-order chi connectivity index (χ1) is 47.9. The maximum absolute atomic E-state index is 14.8. The van der Waals surface area contributed by atoms with Gasteiger partial charge in [0.1, 0.15) is 17.5 Å². The molecule has 100 heavy (non-hydrogen) atoms. The lowest BCUT2D eigenvalue weighted by molar-refractivity contribution is -0.138. The molecule has 6 bridgehead atoms. The van der Waals surface area contributed by atoms with E-state index in [1.807, 2.05) is 34.9 Å². The van der Waals surface area contributed by atoms with E-state index < -0.39 is 46.9 Å². The first kappa shape index (κ1) is 68.2. The topological polar surface area (TPSA) is 206 Å². The summed E-state index contributed by atoms with van der Waals surface area (Å²) in [6.45, 7) is 1.94. The van der Waals surface area contributed by atoms with Crippen LogP contribution in [0.3, 0.4) is 0 Å². The number of rotatable bonds is 12. The van der Waals surface area contributed by atoms with Gasteiger partial charge < -0.3 is 19.6 Å². The summed E-state index contributed by atoms with van der Waals surface area (Å²) in [4.78, 5) is 93.1. The van der Waals surface area contributed by atoms with Gasteiger partial charge in [0.25, 0.3) is 17.7 Å². The highest BCUT2D eigenvalue weighted by molar-refractivity contribution is 6.03. The zero-order chi connectivity index (χ0) is 70.4. The van der Waals surface area contributed by atoms with Gasteiger partial charge in [-0.15, -0.1) is 0 Å². The number of anilines is 1. The van der Waals surface area contributed by atoms with Crippen molar-refractivity contribution in [3.63, 3.8) is 0 Å². The smallest absolute Gasteiger partial charge is 0.339 e. The molecule has 3 aromatic carbocycles. The number of hydrogen-bond acceptors (Lipinski definition) is 15. The molecule has 18 nitrogen and oxygen atoms in total. The molecule has 29 heteroatoms. The van der Waals surface area contributed by atoms with E-state index in [9.17, 15) is 62.7 Å². The number of likely N-dealkylation sites (N-methyl/N-ethyl adjacent to an activating group) is 1. The van der Waals surface area contributed by atoms with E-state index in [1.54, 1.807) is 53.5 Å². The van der Waals surface area contributed by atoms with Gasteiger partial charge in [0.05, 0.1) is 51.0 Å². The standard InChI is InChI=1S/C24H20F4N4O.C24H22F3N5O.C23H20F4N6O/c25-16-3-6-19(20(12-16)22-29-8-1-9-30-22)23(33)32-18-5-7-21(32)14(11-18)10-17-4-2-15(13-31-17)24(26,27)28;1-14-4-2-5-18(21(14)22-28-8-3-9-29-22)23(33)32-17-6-7-19(32)15(10-17)11-20-30-12-16(13-31-20)24(25,26)27;1-32(22-30-11-13(12-31-22)23(25,26)27)18-10-14-6-7-17(18)33(14)21(34)15-4-2-5-16(24)19(15)20-28-8-3-9-29-20/h1-4,6,8-9,12-14,18,21H,5,7,10-11H2;2-5,8-9,12-13,15,17,19H,6-7,10-11H2,1H3;2-5,8-9,11-12,14,17-18H,6-7,10H2,1H3. The average Bonchev–Trinajstić information content (AvgIpc) is 1.60. The van der Waals surface area contributed by atoms with E-state index in [2.05, 4.69) is 54.8 Å². The third-order valence-corrected chi connectivity index (χ3v) is 19.8. The number of nitrogens with zero attached hydrogens (tertiary/aromatic N) is 15. The Bertz CT molecular complexity index is 4430. The number of amides is 3. The lowest BCUT2D eigenvalue weighted by Gasteiger charge is -2.31. The van der Waals surface area contributed by atoms with Crippen molar-refractivity contribution in [2.75, 3.05) is 11.9 Å². The minimum Gasteiger partial charge on any atom is -0.339 e. The molecule has 516 valence electrons. The molecule has 6 aliphatic heterocycles. The van der Waals surface area contributed by atoms with Crippen LogP contribution in [0.2, 0.25) is 0 Å². The minimum absolute atomic E-state index is 0.0125. The molecule has 6 saturated heterocycles. The van der Waals surface area contributed by atoms with E-state index in [1.165, 1.54) is 61.2 Å². The molecule has 15 rings (SSSR count). The maximum atomic E-state index is 14.8. The summed E-state index contributed by atoms with van der Waals surface area (Å²) in [6, 6.07) is 21.0. The van der Waals surface area contributed by atoms with Crippen LogP contribution in [0.1, 0.15) is 123 Å². The molecule has 6 fully saturated rings. The highest BCUT2D eigenvalue weighted by atomic mass is 19.4. The summed E-state index contributed by atoms with van der Waals surface area (Å²) >= 11 is 0. The first-order valence-corrected chi connectivity index (χ1v) is 32.4. The van der Waals surface area contributed by atoms with Gasteiger partial charge in [0.2, 0.25) is 5.95 Å². The third-order valence-electron chi connectivity index (χ3n) is 19.8. The Morgan fingerprint density at radius 2 is 0.920 bits per heavy atom. The quantitative estimate of drug-likeness (QED) is 0.104. The number of alkyl halides is 9. The number of pyridine rings is 1. The molecule has 9 aromatic rings. The Kier molecular flexibility index (Phi) is 18.9. The lowest BCUT2D eigenvalue weighted by Crippen LogP contribution is -2.44. The fourth-order valence-electron chi connectivity index (χ4n) is 15.3. The third kappa shape index (κ3) is 13.9. The Hall–Kier alpha value is -10.4. The van der Waals surface area contributed by atoms with Gasteiger partial charge in [0.15, 0.2) is 17.5 Å². The van der Waals surface area contributed by atoms with E-state index in [-0.39, 0.29) is 101 Å². The molecule has 0 radical (unpaired) electrons. The van der Waals surface area contributed by atoms with E-state index in [0.717, 1.165) is 99.5 Å². The monoisotopic (exact) mass is 1380 g/mol. The van der Waals surface area contributed by atoms with Gasteiger partial charge in [-0.25, -0.2) is 58.6 Å². The van der Waals surface area contributed by atoms with Crippen molar-refractivity contribution < 1.29 is 62.7 Å². The summed E-state index contributed by atoms with van der Waals surface area (Å²) < 4.78 is 144. The number of fused-ring (bicyclic) bond motifs is 6. The second kappa shape index (κ2) is 27.8. The zero-order valence-electron chi connectivity index (χ0n) is 53.5. The van der Waals surface area contributed by atoms with Crippen molar-refractivity contribution in [3.05, 3.63) is 215 Å². The van der Waals surface area contributed by atoms with Crippen molar-refractivity contribution >= 4 is 23.7 Å². The predicted molar refractivity (Wildman–Crippen MR) is 340 cm³/mol. The molecule has 6 aliphatic rings. The second-order valence-corrected chi connectivity index (χ2v) is 25.6. The van der Waals surface area contributed by atoms with Crippen molar-refractivity contribution in [1.82, 2.24) is 69.5 Å². The fourth-order valence-corrected chi connectivity index (χ4v) is 15.3. The molecule has 6 aromatic heterocycles. The number of aromatic nitrogens is 11. The van der Waals surface area contributed by atoms with Gasteiger partial charge in [-0.2, -0.15) is 39.5 Å². The number of benzene rings is 3. The van der Waals surface area contributed by atoms with Crippen LogP contribution in [-0.4, -0.2) is 137 Å². The normalized spacial score (nSPS) is 21.9. The van der Waals surface area contributed by atoms with E-state index >= 15 is 0 Å². The molecular weight excluding hydrogens is 1320 g/mol. The summed E-state index contributed by atoms with van der Waals surface area (Å²) in [5, 5.41) is 0. The number of halogens is 11. The van der Waals surface area contributed by atoms with Gasteiger partial charge in [-0.3, -0.25) is 19.4 Å². The molecule has 0 saturated carbocycles. The van der Waals surface area contributed by atoms with Gasteiger partial charge in [-0.05, 0) is 155 Å². The average molecular weight is 1380 g/mol. The first-order valence-electron chi connectivity index (χ1n) is 32.4. The molecule has 9 atom stereocenters. The van der Waals surface area contributed by atoms with Gasteiger partial charge in [-0.1, -0.05) is 18.2 Å². The van der Waals surface area contributed by atoms with Crippen LogP contribution in [-0.2, 0) is 31.4 Å². The summed E-state index contributed by atoms with van der Waals surface area (Å²) in [7, 11) is 1.71. The number of aryl methyl sites for hydroxylation is 1. The molecular formula is C71H62F11N15O3. The van der Waals surface area contributed by atoms with Crippen molar-refractivity contribution in [1.29, 1.82) is 0 Å². The molecule has 3 amide bonds. The molecule has 0 spiro atoms. The SMILES string of the molecule is CN(c1ncc(C(F)(F)F)cn1)C1CC2CCC1N2C(=O)c1cccc(F)c1-c1ncccn1.Cc1cccc(C(=O)N2C3CCC2C(Cc2ncc(C(F)(F)F)cn2)C3)c1-c1ncccn1.O=C(c1ccc(F)cc1-c1ncccn1)N1C2CCC1C(Cc1ccc(C(F)(F)F)cn1)C2. The summed E-state index contributed by atoms with van der Waals surface area (Å²) in [6.07, 6.45) is 8.10. The van der Waals surface area contributed by atoms with Crippen LogP contribution in [0.25, 0.3) is 34.2 Å². The number of carbonyl (C=O) groups is 3. The number of hydrogen-bond donors (Lipinski definition) is 0. The number of carbonyl (C=O) groups excluding carboxylic acids is 3.